The van der Waals surface area contributed by atoms with Crippen molar-refractivity contribution in [1.29, 1.82) is 10.5 Å². The molecular weight excluding hydrogens is 152 g/mol. The van der Waals surface area contributed by atoms with Gasteiger partial charge in [-0.15, -0.1) is 0 Å². The molecule has 0 radical (unpaired) electrons. The maximum Gasteiger partial charge on any atom is 0.130 e. The van der Waals surface area contributed by atoms with Gasteiger partial charge in [-0.05, 0) is 0 Å². The monoisotopic (exact) mass is 166 g/mol. The van der Waals surface area contributed by atoms with Gasteiger partial charge in [-0.3, -0.25) is 0 Å². The average molecular weight is 166 g/mol. The second-order valence-corrected chi connectivity index (χ2v) is 0.600. The van der Waals surface area contributed by atoms with E-state index in [0.717, 1.165) is 0 Å². The van der Waals surface area contributed by atoms with Gasteiger partial charge in [0.2, 0.25) is 0 Å². The molecule has 0 aliphatic heterocycles. The smallest absolute Gasteiger partial charge is 0.130 e. The highest BCUT2D eigenvalue weighted by Crippen LogP contribution is 1.46. The van der Waals surface area contributed by atoms with Crippen molar-refractivity contribution < 1.29 is 0 Å². The van der Waals surface area contributed by atoms with Crippen LogP contribution in [-0.4, -0.2) is 0 Å². The van der Waals surface area contributed by atoms with Crippen molar-refractivity contribution in [1.82, 2.24) is 0 Å². The Labute approximate surface area is 69.3 Å². The summed E-state index contributed by atoms with van der Waals surface area (Å²) in [5.74, 6) is 0. The third-order valence-electron chi connectivity index (χ3n) is 0. The van der Waals surface area contributed by atoms with Gasteiger partial charge in [-0.1, -0.05) is 47.5 Å². The lowest BCUT2D eigenvalue weighted by molar-refractivity contribution is 1.57. The second-order valence-electron chi connectivity index (χ2n) is 0.200. The molecule has 0 aromatic heterocycles. The SMILES string of the molecule is C.C.C.N#CS.N#CS. The van der Waals surface area contributed by atoms with Crippen molar-refractivity contribution >= 4 is 25.3 Å². The van der Waals surface area contributed by atoms with Gasteiger partial charge in [0.25, 0.3) is 0 Å². The van der Waals surface area contributed by atoms with Crippen LogP contribution in [0.4, 0.5) is 0 Å². The van der Waals surface area contributed by atoms with E-state index in [4.69, 9.17) is 10.5 Å². The Kier molecular flexibility index (Phi) is 510. The predicted molar refractivity (Wildman–Crippen MR) is 49.4 cm³/mol. The van der Waals surface area contributed by atoms with Crippen LogP contribution in [0.25, 0.3) is 0 Å². The van der Waals surface area contributed by atoms with Crippen molar-refractivity contribution in [2.75, 3.05) is 0 Å². The second kappa shape index (κ2) is 121. The molecule has 2 nitrogen and oxygen atoms in total. The maximum atomic E-state index is 7.18. The summed E-state index contributed by atoms with van der Waals surface area (Å²) >= 11 is 6.19. The van der Waals surface area contributed by atoms with E-state index < -0.39 is 0 Å². The lowest BCUT2D eigenvalue weighted by Gasteiger charge is -1.14. The van der Waals surface area contributed by atoms with Crippen LogP contribution in [0.1, 0.15) is 22.3 Å². The number of hydrogen-bond donors (Lipinski definition) is 2. The van der Waals surface area contributed by atoms with Gasteiger partial charge in [-0.25, -0.2) is 0 Å². The molecule has 0 saturated heterocycles. The Morgan fingerprint density at radius 3 is 0.778 bits per heavy atom. The molecule has 0 N–H and O–H groups in total. The van der Waals surface area contributed by atoms with Crippen LogP contribution in [-0.2, 0) is 0 Å². The summed E-state index contributed by atoms with van der Waals surface area (Å²) in [4.78, 5) is 0. The molecule has 0 unspecified atom stereocenters. The highest BCUT2D eigenvalue weighted by Gasteiger charge is 1.18. The third kappa shape index (κ3) is 2420. The third-order valence-corrected chi connectivity index (χ3v) is 0. The van der Waals surface area contributed by atoms with E-state index in [-0.39, 0.29) is 22.3 Å². The van der Waals surface area contributed by atoms with E-state index in [2.05, 4.69) is 25.3 Å². The number of nitriles is 2. The first kappa shape index (κ1) is 37.8. The van der Waals surface area contributed by atoms with Crippen LogP contribution in [0.3, 0.4) is 0 Å². The van der Waals surface area contributed by atoms with Crippen LogP contribution in [0.15, 0.2) is 0 Å². The fourth-order valence-electron chi connectivity index (χ4n) is 0. The molecule has 0 atom stereocenters. The van der Waals surface area contributed by atoms with Crippen molar-refractivity contribution in [3.05, 3.63) is 0 Å². The van der Waals surface area contributed by atoms with Crippen molar-refractivity contribution in [2.24, 2.45) is 0 Å². The minimum Gasteiger partial charge on any atom is -0.185 e. The number of nitrogens with zero attached hydrogens (tertiary/aromatic N) is 2. The Bertz CT molecular complexity index is 67.9. The Morgan fingerprint density at radius 1 is 0.778 bits per heavy atom. The molecule has 4 heteroatoms. The first-order chi connectivity index (χ1) is 2.83. The molecule has 0 bridgehead atoms. The van der Waals surface area contributed by atoms with Gasteiger partial charge < -0.3 is 0 Å². The Morgan fingerprint density at radius 2 is 0.778 bits per heavy atom. The topological polar surface area (TPSA) is 47.6 Å². The van der Waals surface area contributed by atoms with E-state index in [1.54, 1.807) is 0 Å². The van der Waals surface area contributed by atoms with Gasteiger partial charge in [0, 0.05) is 0 Å². The van der Waals surface area contributed by atoms with Gasteiger partial charge in [0.05, 0.1) is 0 Å². The molecule has 9 heavy (non-hydrogen) atoms. The summed E-state index contributed by atoms with van der Waals surface area (Å²) in [5.41, 5.74) is 0. The zero-order valence-corrected chi connectivity index (χ0v) is 4.58. The van der Waals surface area contributed by atoms with Crippen LogP contribution >= 0.6 is 25.3 Å². The zero-order valence-electron chi connectivity index (χ0n) is 2.79. The van der Waals surface area contributed by atoms with Gasteiger partial charge in [0.1, 0.15) is 10.8 Å². The fourth-order valence-corrected chi connectivity index (χ4v) is 0. The number of hydrogen-bond acceptors (Lipinski definition) is 4. The summed E-state index contributed by atoms with van der Waals surface area (Å²) in [5, 5.41) is 17.3. The molecule has 0 aromatic rings. The van der Waals surface area contributed by atoms with E-state index in [9.17, 15) is 0 Å². The lowest BCUT2D eigenvalue weighted by atomic mass is 11.8. The van der Waals surface area contributed by atoms with E-state index in [0.29, 0.717) is 0 Å². The van der Waals surface area contributed by atoms with Crippen LogP contribution in [0.2, 0.25) is 0 Å². The largest absolute Gasteiger partial charge is 0.185 e. The summed E-state index contributed by atoms with van der Waals surface area (Å²) in [6.45, 7) is 0. The molecule has 0 saturated carbocycles. The first-order valence-electron chi connectivity index (χ1n) is 0.894. The average Bonchev–Trinajstić information content (AvgIpc) is 1.39. The molecule has 0 fully saturated rings. The van der Waals surface area contributed by atoms with Crippen molar-refractivity contribution in [2.45, 2.75) is 22.3 Å². The van der Waals surface area contributed by atoms with Gasteiger partial charge in [-0.2, -0.15) is 10.5 Å². The molecule has 0 rings (SSSR count). The Balaban J connectivity index is -0.00000000889. The summed E-state index contributed by atoms with van der Waals surface area (Å²) in [6, 6.07) is 0. The van der Waals surface area contributed by atoms with E-state index in [1.807, 2.05) is 0 Å². The highest BCUT2D eigenvalue weighted by molar-refractivity contribution is 7.85. The normalized spacial score (nSPS) is 1.78. The predicted octanol–water partition coefficient (Wildman–Crippen LogP) is 2.70. The zero-order chi connectivity index (χ0) is 5.41. The van der Waals surface area contributed by atoms with E-state index in [1.165, 1.54) is 10.8 Å². The van der Waals surface area contributed by atoms with Gasteiger partial charge in [0.15, 0.2) is 0 Å². The number of rotatable bonds is 0. The summed E-state index contributed by atoms with van der Waals surface area (Å²) in [6.07, 6.45) is 0. The maximum absolute atomic E-state index is 7.18. The van der Waals surface area contributed by atoms with Crippen molar-refractivity contribution in [3.63, 3.8) is 0 Å². The molecule has 0 aromatic carbocycles. The summed E-state index contributed by atoms with van der Waals surface area (Å²) < 4.78 is 0. The molecule has 0 amide bonds. The molecule has 0 aliphatic rings. The Hall–Kier alpha value is -0.320. The minimum absolute atomic E-state index is 0. The van der Waals surface area contributed by atoms with Crippen molar-refractivity contribution in [3.8, 4) is 10.8 Å². The standard InChI is InChI=1S/2CHNS.3CH4/c2*2-1-3;;;/h2*3H;3*1H4. The van der Waals surface area contributed by atoms with Gasteiger partial charge >= 0.3 is 0 Å². The number of thiocyanates is 2. The van der Waals surface area contributed by atoms with Crippen LogP contribution in [0.5, 0.6) is 0 Å². The van der Waals surface area contributed by atoms with Crippen LogP contribution < -0.4 is 0 Å². The molecule has 0 spiro atoms. The fraction of sp³-hybridized carbons (Fsp3) is 0.600. The highest BCUT2D eigenvalue weighted by atomic mass is 32.1. The van der Waals surface area contributed by atoms with Crippen LogP contribution in [0, 0.1) is 21.3 Å². The molecular formula is C5H14N2S2. The molecule has 0 aliphatic carbocycles. The number of thiol groups is 2. The minimum atomic E-state index is 0. The first-order valence-corrected chi connectivity index (χ1v) is 1.79. The summed E-state index contributed by atoms with van der Waals surface area (Å²) in [7, 11) is 0. The quantitative estimate of drug-likeness (QED) is 0.429. The molecule has 56 valence electrons. The lowest BCUT2D eigenvalue weighted by Crippen LogP contribution is -0.961. The molecule has 0 heterocycles. The van der Waals surface area contributed by atoms with E-state index >= 15 is 0 Å².